The van der Waals surface area contributed by atoms with E-state index in [2.05, 4.69) is 10.3 Å². The average molecular weight is 391 g/mol. The fraction of sp³-hybridized carbons (Fsp3) is 0.136. The van der Waals surface area contributed by atoms with Crippen LogP contribution in [-0.4, -0.2) is 23.4 Å². The molecule has 0 bridgehead atoms. The van der Waals surface area contributed by atoms with E-state index >= 15 is 0 Å². The summed E-state index contributed by atoms with van der Waals surface area (Å²) in [4.78, 5) is 27.6. The van der Waals surface area contributed by atoms with E-state index < -0.39 is 5.91 Å². The Hall–Kier alpha value is -3.87. The second-order valence-electron chi connectivity index (χ2n) is 6.18. The van der Waals surface area contributed by atoms with Gasteiger partial charge in [-0.25, -0.2) is 4.98 Å². The molecule has 0 radical (unpaired) electrons. The lowest BCUT2D eigenvalue weighted by Gasteiger charge is -2.08. The van der Waals surface area contributed by atoms with Gasteiger partial charge in [0, 0.05) is 11.6 Å². The van der Waals surface area contributed by atoms with Crippen LogP contribution in [0.25, 0.3) is 0 Å². The van der Waals surface area contributed by atoms with E-state index in [-0.39, 0.29) is 12.3 Å². The first-order valence-corrected chi connectivity index (χ1v) is 9.09. The Bertz CT molecular complexity index is 986. The van der Waals surface area contributed by atoms with E-state index in [0.29, 0.717) is 29.5 Å². The Morgan fingerprint density at radius 1 is 1.03 bits per heavy atom. The summed E-state index contributed by atoms with van der Waals surface area (Å²) in [5, 5.41) is 2.80. The highest BCUT2D eigenvalue weighted by atomic mass is 16.5. The van der Waals surface area contributed by atoms with Gasteiger partial charge in [0.05, 0.1) is 24.9 Å². The summed E-state index contributed by atoms with van der Waals surface area (Å²) < 4.78 is 11.0. The van der Waals surface area contributed by atoms with Crippen LogP contribution >= 0.6 is 0 Å². The quantitative estimate of drug-likeness (QED) is 0.611. The number of nitrogens with zero attached hydrogens (tertiary/aromatic N) is 1. The van der Waals surface area contributed by atoms with Gasteiger partial charge in [-0.1, -0.05) is 18.2 Å². The van der Waals surface area contributed by atoms with Crippen molar-refractivity contribution in [1.29, 1.82) is 0 Å². The Morgan fingerprint density at radius 3 is 2.48 bits per heavy atom. The monoisotopic (exact) mass is 391 g/mol. The van der Waals surface area contributed by atoms with Crippen LogP contribution < -0.4 is 20.5 Å². The van der Waals surface area contributed by atoms with Crippen LogP contribution in [0, 0.1) is 0 Å². The van der Waals surface area contributed by atoms with Crippen molar-refractivity contribution >= 4 is 17.5 Å². The highest BCUT2D eigenvalue weighted by molar-refractivity contribution is 5.93. The van der Waals surface area contributed by atoms with Gasteiger partial charge in [-0.2, -0.15) is 0 Å². The van der Waals surface area contributed by atoms with Crippen molar-refractivity contribution in [2.24, 2.45) is 5.73 Å². The van der Waals surface area contributed by atoms with E-state index in [4.69, 9.17) is 15.2 Å². The van der Waals surface area contributed by atoms with Crippen molar-refractivity contribution in [3.8, 4) is 17.4 Å². The number of nitrogens with two attached hydrogens (primary N) is 1. The van der Waals surface area contributed by atoms with Crippen LogP contribution in [0.4, 0.5) is 5.69 Å². The maximum Gasteiger partial charge on any atom is 0.248 e. The van der Waals surface area contributed by atoms with Crippen LogP contribution in [-0.2, 0) is 11.2 Å². The Kier molecular flexibility index (Phi) is 6.42. The molecular weight excluding hydrogens is 370 g/mol. The molecule has 3 aromatic rings. The molecular formula is C22H21N3O4. The molecule has 7 nitrogen and oxygen atoms in total. The number of amides is 2. The maximum absolute atomic E-state index is 12.2. The number of benzene rings is 2. The van der Waals surface area contributed by atoms with Crippen molar-refractivity contribution in [1.82, 2.24) is 4.98 Å². The van der Waals surface area contributed by atoms with Gasteiger partial charge in [-0.05, 0) is 48.9 Å². The normalized spacial score (nSPS) is 10.2. The van der Waals surface area contributed by atoms with Crippen molar-refractivity contribution < 1.29 is 19.1 Å². The zero-order chi connectivity index (χ0) is 20.6. The summed E-state index contributed by atoms with van der Waals surface area (Å²) in [6.45, 7) is 2.52. The molecule has 0 fully saturated rings. The average Bonchev–Trinajstić information content (AvgIpc) is 2.71. The minimum Gasteiger partial charge on any atom is -0.494 e. The van der Waals surface area contributed by atoms with Crippen molar-refractivity contribution in [2.75, 3.05) is 11.9 Å². The minimum absolute atomic E-state index is 0.154. The lowest BCUT2D eigenvalue weighted by Crippen LogP contribution is -2.14. The van der Waals surface area contributed by atoms with Gasteiger partial charge in [0.25, 0.3) is 0 Å². The molecule has 2 aromatic carbocycles. The fourth-order valence-electron chi connectivity index (χ4n) is 2.61. The largest absolute Gasteiger partial charge is 0.494 e. The predicted molar refractivity (Wildman–Crippen MR) is 109 cm³/mol. The number of hydrogen-bond acceptors (Lipinski definition) is 5. The van der Waals surface area contributed by atoms with Gasteiger partial charge >= 0.3 is 0 Å². The molecule has 3 N–H and O–H groups in total. The first kappa shape index (κ1) is 19.9. The summed E-state index contributed by atoms with van der Waals surface area (Å²) in [6.07, 6.45) is 1.74. The molecule has 2 amide bonds. The smallest absolute Gasteiger partial charge is 0.248 e. The first-order valence-electron chi connectivity index (χ1n) is 9.09. The lowest BCUT2D eigenvalue weighted by molar-refractivity contribution is -0.115. The van der Waals surface area contributed by atoms with E-state index in [0.717, 1.165) is 11.3 Å². The topological polar surface area (TPSA) is 104 Å². The highest BCUT2D eigenvalue weighted by Crippen LogP contribution is 2.21. The van der Waals surface area contributed by atoms with Gasteiger partial charge in [-0.15, -0.1) is 0 Å². The molecule has 0 spiro atoms. The van der Waals surface area contributed by atoms with E-state index in [1.807, 2.05) is 31.2 Å². The van der Waals surface area contributed by atoms with Crippen LogP contribution in [0.2, 0.25) is 0 Å². The van der Waals surface area contributed by atoms with Crippen LogP contribution in [0.5, 0.6) is 17.4 Å². The third kappa shape index (κ3) is 5.80. The molecule has 0 aliphatic carbocycles. The number of pyridine rings is 1. The molecule has 0 saturated heterocycles. The number of anilines is 1. The minimum atomic E-state index is -0.533. The molecule has 29 heavy (non-hydrogen) atoms. The van der Waals surface area contributed by atoms with Gasteiger partial charge in [-0.3, -0.25) is 9.59 Å². The third-order valence-corrected chi connectivity index (χ3v) is 3.96. The molecule has 7 heteroatoms. The number of carbonyl (C=O) groups excluding carboxylic acids is 2. The molecule has 0 aliphatic heterocycles. The van der Waals surface area contributed by atoms with Crippen LogP contribution in [0.15, 0.2) is 66.9 Å². The van der Waals surface area contributed by atoms with Crippen molar-refractivity contribution in [3.63, 3.8) is 0 Å². The Labute approximate surface area is 168 Å². The van der Waals surface area contributed by atoms with E-state index in [1.54, 1.807) is 30.3 Å². The number of aromatic nitrogens is 1. The zero-order valence-corrected chi connectivity index (χ0v) is 15.9. The summed E-state index contributed by atoms with van der Waals surface area (Å²) in [6, 6.07) is 17.2. The van der Waals surface area contributed by atoms with Gasteiger partial charge in [0.15, 0.2) is 0 Å². The number of ether oxygens (including phenoxy) is 2. The molecule has 0 saturated carbocycles. The van der Waals surface area contributed by atoms with Gasteiger partial charge in [0.1, 0.15) is 11.5 Å². The van der Waals surface area contributed by atoms with E-state index in [9.17, 15) is 9.59 Å². The molecule has 0 atom stereocenters. The molecule has 0 aliphatic rings. The second kappa shape index (κ2) is 9.36. The highest BCUT2D eigenvalue weighted by Gasteiger charge is 2.07. The predicted octanol–water partition coefficient (Wildman–Crippen LogP) is 3.55. The summed E-state index contributed by atoms with van der Waals surface area (Å²) in [5.74, 6) is 0.864. The van der Waals surface area contributed by atoms with Crippen molar-refractivity contribution in [2.45, 2.75) is 13.3 Å². The second-order valence-corrected chi connectivity index (χ2v) is 6.18. The van der Waals surface area contributed by atoms with E-state index in [1.165, 1.54) is 12.3 Å². The molecule has 1 heterocycles. The van der Waals surface area contributed by atoms with Crippen molar-refractivity contribution in [3.05, 3.63) is 78.0 Å². The molecule has 1 aromatic heterocycles. The number of primary amides is 1. The number of carbonyl (C=O) groups is 2. The van der Waals surface area contributed by atoms with Crippen LogP contribution in [0.3, 0.4) is 0 Å². The van der Waals surface area contributed by atoms with Gasteiger partial charge in [0.2, 0.25) is 17.7 Å². The summed E-state index contributed by atoms with van der Waals surface area (Å²) >= 11 is 0. The molecule has 0 unspecified atom stereocenters. The third-order valence-electron chi connectivity index (χ3n) is 3.96. The van der Waals surface area contributed by atoms with Gasteiger partial charge < -0.3 is 20.5 Å². The lowest BCUT2D eigenvalue weighted by atomic mass is 10.1. The standard InChI is InChI=1S/C22H21N3O4/c1-2-28-18-9-6-15(7-10-18)12-20(26)25-17-8-11-21(24-14-17)29-19-5-3-4-16(13-19)22(23)27/h3-11,13-14H,2,12H2,1H3,(H2,23,27)(H,25,26). The molecule has 3 rings (SSSR count). The summed E-state index contributed by atoms with van der Waals surface area (Å²) in [7, 11) is 0. The SMILES string of the molecule is CCOc1ccc(CC(=O)Nc2ccc(Oc3cccc(C(N)=O)c3)nc2)cc1. The van der Waals surface area contributed by atoms with Crippen LogP contribution in [0.1, 0.15) is 22.8 Å². The number of rotatable bonds is 8. The Morgan fingerprint density at radius 2 is 1.83 bits per heavy atom. The number of hydrogen-bond donors (Lipinski definition) is 2. The first-order chi connectivity index (χ1) is 14.0. The molecule has 148 valence electrons. The fourth-order valence-corrected chi connectivity index (χ4v) is 2.61. The maximum atomic E-state index is 12.2. The zero-order valence-electron chi connectivity index (χ0n) is 15.9. The Balaban J connectivity index is 1.56. The number of nitrogens with one attached hydrogen (secondary N) is 1. The summed E-state index contributed by atoms with van der Waals surface area (Å²) in [5.41, 5.74) is 7.05.